The Bertz CT molecular complexity index is 240. The summed E-state index contributed by atoms with van der Waals surface area (Å²) in [6, 6.07) is 0.319. The summed E-state index contributed by atoms with van der Waals surface area (Å²) < 4.78 is 5.22. The van der Waals surface area contributed by atoms with Crippen LogP contribution in [0, 0.1) is 5.92 Å². The lowest BCUT2D eigenvalue weighted by Gasteiger charge is -2.30. The third-order valence-corrected chi connectivity index (χ3v) is 3.42. The molecule has 0 amide bonds. The Labute approximate surface area is 98.9 Å². The first-order valence-corrected chi connectivity index (χ1v) is 6.49. The highest BCUT2D eigenvalue weighted by Gasteiger charge is 2.46. The average Bonchev–Trinajstić information content (AvgIpc) is 2.62. The highest BCUT2D eigenvalue weighted by molar-refractivity contribution is 5.81. The maximum absolute atomic E-state index is 12.1. The van der Waals surface area contributed by atoms with E-state index in [-0.39, 0.29) is 5.97 Å². The molecule has 1 saturated carbocycles. The minimum atomic E-state index is -0.412. The summed E-state index contributed by atoms with van der Waals surface area (Å²) in [6.45, 7) is 8.70. The van der Waals surface area contributed by atoms with Crippen molar-refractivity contribution in [2.24, 2.45) is 5.92 Å². The summed E-state index contributed by atoms with van der Waals surface area (Å²) in [6.07, 6.45) is 4.14. The van der Waals surface area contributed by atoms with Crippen LogP contribution in [0.4, 0.5) is 0 Å². The molecule has 2 unspecified atom stereocenters. The number of carbonyl (C=O) groups is 1. The number of hydrogen-bond acceptors (Lipinski definition) is 3. The van der Waals surface area contributed by atoms with E-state index in [0.29, 0.717) is 18.6 Å². The van der Waals surface area contributed by atoms with E-state index in [9.17, 15) is 4.79 Å². The van der Waals surface area contributed by atoms with Crippen molar-refractivity contribution in [3.63, 3.8) is 0 Å². The minimum Gasteiger partial charge on any atom is -0.465 e. The zero-order valence-corrected chi connectivity index (χ0v) is 11.0. The van der Waals surface area contributed by atoms with Gasteiger partial charge in [0.1, 0.15) is 5.54 Å². The van der Waals surface area contributed by atoms with Gasteiger partial charge in [-0.15, -0.1) is 0 Å². The second-order valence-corrected chi connectivity index (χ2v) is 5.12. The Kier molecular flexibility index (Phi) is 4.78. The molecule has 1 N–H and O–H groups in total. The van der Waals surface area contributed by atoms with E-state index in [0.717, 1.165) is 25.7 Å². The van der Waals surface area contributed by atoms with Crippen LogP contribution < -0.4 is 5.32 Å². The van der Waals surface area contributed by atoms with Crippen LogP contribution in [0.5, 0.6) is 0 Å². The normalized spacial score (nSPS) is 29.7. The number of carbonyl (C=O) groups excluding carboxylic acids is 1. The molecule has 94 valence electrons. The molecule has 0 aromatic carbocycles. The highest BCUT2D eigenvalue weighted by Crippen LogP contribution is 2.37. The molecule has 16 heavy (non-hydrogen) atoms. The van der Waals surface area contributed by atoms with Crippen molar-refractivity contribution in [1.82, 2.24) is 5.32 Å². The second-order valence-electron chi connectivity index (χ2n) is 5.12. The Hall–Kier alpha value is -0.570. The van der Waals surface area contributed by atoms with Crippen LogP contribution >= 0.6 is 0 Å². The van der Waals surface area contributed by atoms with Crippen molar-refractivity contribution >= 4 is 5.97 Å². The largest absolute Gasteiger partial charge is 0.465 e. The molecule has 0 heterocycles. The van der Waals surface area contributed by atoms with Crippen molar-refractivity contribution in [1.29, 1.82) is 0 Å². The predicted octanol–water partition coefficient (Wildman–Crippen LogP) is 2.50. The van der Waals surface area contributed by atoms with Crippen LogP contribution in [-0.4, -0.2) is 24.2 Å². The van der Waals surface area contributed by atoms with Gasteiger partial charge in [0.2, 0.25) is 0 Å². The molecule has 0 aromatic rings. The molecule has 0 radical (unpaired) electrons. The number of esters is 1. The lowest BCUT2D eigenvalue weighted by molar-refractivity contribution is -0.151. The molecule has 1 fully saturated rings. The molecule has 1 aliphatic rings. The van der Waals surface area contributed by atoms with Crippen molar-refractivity contribution in [2.45, 2.75) is 65.0 Å². The van der Waals surface area contributed by atoms with Gasteiger partial charge in [-0.3, -0.25) is 10.1 Å². The van der Waals surface area contributed by atoms with Crippen LogP contribution in [0.3, 0.4) is 0 Å². The smallest absolute Gasteiger partial charge is 0.326 e. The average molecular weight is 227 g/mol. The summed E-state index contributed by atoms with van der Waals surface area (Å²) in [5.74, 6) is 0.607. The third kappa shape index (κ3) is 2.97. The number of ether oxygens (including phenoxy) is 1. The van der Waals surface area contributed by atoms with Gasteiger partial charge in [-0.05, 0) is 46.0 Å². The van der Waals surface area contributed by atoms with E-state index in [2.05, 4.69) is 26.1 Å². The third-order valence-electron chi connectivity index (χ3n) is 3.42. The van der Waals surface area contributed by atoms with E-state index in [1.165, 1.54) is 0 Å². The fraction of sp³-hybridized carbons (Fsp3) is 0.923. The van der Waals surface area contributed by atoms with Crippen molar-refractivity contribution in [3.8, 4) is 0 Å². The van der Waals surface area contributed by atoms with Gasteiger partial charge in [-0.25, -0.2) is 0 Å². The van der Waals surface area contributed by atoms with E-state index < -0.39 is 5.54 Å². The van der Waals surface area contributed by atoms with E-state index in [1.807, 2.05) is 6.92 Å². The molecule has 3 heteroatoms. The molecule has 1 aliphatic carbocycles. The molecule has 0 saturated heterocycles. The predicted molar refractivity (Wildman–Crippen MR) is 65.3 cm³/mol. The van der Waals surface area contributed by atoms with Gasteiger partial charge in [-0.2, -0.15) is 0 Å². The molecular formula is C13H25NO2. The zero-order chi connectivity index (χ0) is 12.2. The first-order chi connectivity index (χ1) is 7.54. The van der Waals surface area contributed by atoms with Crippen LogP contribution in [0.15, 0.2) is 0 Å². The summed E-state index contributed by atoms with van der Waals surface area (Å²) in [5, 5.41) is 3.43. The van der Waals surface area contributed by atoms with Crippen molar-refractivity contribution in [3.05, 3.63) is 0 Å². The Morgan fingerprint density at radius 3 is 2.62 bits per heavy atom. The standard InChI is InChI=1S/C13H25NO2/c1-5-11-7-8-13(9-11,14-10(3)4)12(15)16-6-2/h10-11,14H,5-9H2,1-4H3. The van der Waals surface area contributed by atoms with Gasteiger partial charge in [0, 0.05) is 6.04 Å². The summed E-state index contributed by atoms with van der Waals surface area (Å²) in [7, 11) is 0. The lowest BCUT2D eigenvalue weighted by Crippen LogP contribution is -2.53. The molecule has 0 spiro atoms. The van der Waals surface area contributed by atoms with Gasteiger partial charge >= 0.3 is 5.97 Å². The van der Waals surface area contributed by atoms with Crippen LogP contribution in [0.2, 0.25) is 0 Å². The molecule has 1 rings (SSSR count). The second kappa shape index (κ2) is 5.67. The van der Waals surface area contributed by atoms with E-state index in [4.69, 9.17) is 4.74 Å². The Morgan fingerprint density at radius 1 is 1.50 bits per heavy atom. The minimum absolute atomic E-state index is 0.0559. The first-order valence-electron chi connectivity index (χ1n) is 6.49. The van der Waals surface area contributed by atoms with Crippen LogP contribution in [0.1, 0.15) is 53.4 Å². The van der Waals surface area contributed by atoms with Crippen molar-refractivity contribution < 1.29 is 9.53 Å². The lowest BCUT2D eigenvalue weighted by atomic mass is 9.94. The molecule has 0 aliphatic heterocycles. The van der Waals surface area contributed by atoms with Gasteiger partial charge in [0.05, 0.1) is 6.61 Å². The van der Waals surface area contributed by atoms with Gasteiger partial charge in [-0.1, -0.05) is 13.3 Å². The van der Waals surface area contributed by atoms with Crippen molar-refractivity contribution in [2.75, 3.05) is 6.61 Å². The molecular weight excluding hydrogens is 202 g/mol. The van der Waals surface area contributed by atoms with E-state index >= 15 is 0 Å². The molecule has 0 aromatic heterocycles. The number of rotatable bonds is 5. The van der Waals surface area contributed by atoms with E-state index in [1.54, 1.807) is 0 Å². The number of nitrogens with one attached hydrogen (secondary N) is 1. The molecule has 3 nitrogen and oxygen atoms in total. The molecule has 0 bridgehead atoms. The SMILES string of the molecule is CCOC(=O)C1(NC(C)C)CCC(CC)C1. The van der Waals surface area contributed by atoms with Gasteiger partial charge in [0.15, 0.2) is 0 Å². The fourth-order valence-electron chi connectivity index (χ4n) is 2.69. The van der Waals surface area contributed by atoms with Crippen LogP contribution in [0.25, 0.3) is 0 Å². The number of hydrogen-bond donors (Lipinski definition) is 1. The van der Waals surface area contributed by atoms with Gasteiger partial charge in [0.25, 0.3) is 0 Å². The highest BCUT2D eigenvalue weighted by atomic mass is 16.5. The Morgan fingerprint density at radius 2 is 2.19 bits per heavy atom. The maximum Gasteiger partial charge on any atom is 0.326 e. The monoisotopic (exact) mass is 227 g/mol. The summed E-state index contributed by atoms with van der Waals surface area (Å²) in [5.41, 5.74) is -0.412. The quantitative estimate of drug-likeness (QED) is 0.733. The zero-order valence-electron chi connectivity index (χ0n) is 11.0. The Balaban J connectivity index is 2.74. The first kappa shape index (κ1) is 13.5. The van der Waals surface area contributed by atoms with Gasteiger partial charge < -0.3 is 4.74 Å². The molecule has 2 atom stereocenters. The summed E-state index contributed by atoms with van der Waals surface area (Å²) >= 11 is 0. The maximum atomic E-state index is 12.1. The fourth-order valence-corrected chi connectivity index (χ4v) is 2.69. The topological polar surface area (TPSA) is 38.3 Å². The summed E-state index contributed by atoms with van der Waals surface area (Å²) in [4.78, 5) is 12.1. The van der Waals surface area contributed by atoms with Crippen LogP contribution in [-0.2, 0) is 9.53 Å².